The summed E-state index contributed by atoms with van der Waals surface area (Å²) in [5.41, 5.74) is 6.93. The molecule has 9 heteroatoms. The molecule has 2 heterocycles. The molecule has 1 fully saturated rings. The lowest BCUT2D eigenvalue weighted by molar-refractivity contribution is -0.250. The summed E-state index contributed by atoms with van der Waals surface area (Å²) in [6.07, 6.45) is -4.82. The Balaban J connectivity index is 2.03. The maximum absolute atomic E-state index is 11.1. The van der Waals surface area contributed by atoms with Crippen molar-refractivity contribution in [2.45, 2.75) is 43.1 Å². The monoisotopic (exact) mass is 366 g/mol. The average Bonchev–Trinajstić information content (AvgIpc) is 2.98. The van der Waals surface area contributed by atoms with Crippen molar-refractivity contribution in [2.75, 3.05) is 6.61 Å². The maximum atomic E-state index is 11.1. The number of hydrogen-bond acceptors (Lipinski definition) is 7. The van der Waals surface area contributed by atoms with E-state index in [-0.39, 0.29) is 6.42 Å². The molecule has 0 amide bonds. The van der Waals surface area contributed by atoms with Gasteiger partial charge in [-0.1, -0.05) is 18.2 Å². The number of carboxylic acid groups (broad SMARTS) is 1. The van der Waals surface area contributed by atoms with E-state index in [4.69, 9.17) is 15.6 Å². The molecule has 1 saturated heterocycles. The van der Waals surface area contributed by atoms with Crippen LogP contribution in [0, 0.1) is 0 Å². The molecule has 1 aliphatic heterocycles. The van der Waals surface area contributed by atoms with Gasteiger partial charge in [0.25, 0.3) is 0 Å². The van der Waals surface area contributed by atoms with Gasteiger partial charge in [0.2, 0.25) is 0 Å². The van der Waals surface area contributed by atoms with Crippen molar-refractivity contribution in [3.8, 4) is 0 Å². The zero-order chi connectivity index (χ0) is 19.0. The van der Waals surface area contributed by atoms with E-state index in [0.29, 0.717) is 11.1 Å². The molecule has 0 saturated carbocycles. The van der Waals surface area contributed by atoms with Crippen molar-refractivity contribution in [2.24, 2.45) is 5.73 Å². The van der Waals surface area contributed by atoms with Crippen LogP contribution in [0.5, 0.6) is 0 Å². The van der Waals surface area contributed by atoms with Crippen molar-refractivity contribution >= 4 is 16.9 Å². The molecule has 142 valence electrons. The third-order valence-corrected chi connectivity index (χ3v) is 4.72. The molecule has 3 rings (SSSR count). The Morgan fingerprint density at radius 3 is 2.54 bits per heavy atom. The van der Waals surface area contributed by atoms with Crippen LogP contribution in [0.2, 0.25) is 0 Å². The predicted molar refractivity (Wildman–Crippen MR) is 90.3 cm³/mol. The molecule has 0 spiro atoms. The highest BCUT2D eigenvalue weighted by atomic mass is 16.6. The second-order valence-electron chi connectivity index (χ2n) is 6.45. The molecule has 7 N–H and O–H groups in total. The molecule has 1 aromatic carbocycles. The van der Waals surface area contributed by atoms with Crippen LogP contribution in [0.4, 0.5) is 0 Å². The Morgan fingerprint density at radius 2 is 1.88 bits per heavy atom. The average molecular weight is 366 g/mol. The van der Waals surface area contributed by atoms with E-state index in [0.717, 1.165) is 5.39 Å². The largest absolute Gasteiger partial charge is 0.480 e. The molecule has 0 radical (unpaired) electrons. The van der Waals surface area contributed by atoms with Gasteiger partial charge in [-0.05, 0) is 11.6 Å². The number of nitrogens with two attached hydrogens (primary N) is 1. The first-order chi connectivity index (χ1) is 12.3. The van der Waals surface area contributed by atoms with E-state index in [2.05, 4.69) is 0 Å². The number of fused-ring (bicyclic) bond motifs is 1. The van der Waals surface area contributed by atoms with Gasteiger partial charge in [0.05, 0.1) is 12.1 Å². The number of benzene rings is 1. The highest BCUT2D eigenvalue weighted by molar-refractivity contribution is 5.85. The molecule has 0 aliphatic carbocycles. The number of hydrogen-bond donors (Lipinski definition) is 6. The summed E-state index contributed by atoms with van der Waals surface area (Å²) in [6.45, 7) is -0.530. The van der Waals surface area contributed by atoms with Gasteiger partial charge in [0.1, 0.15) is 30.5 Å². The van der Waals surface area contributed by atoms with Gasteiger partial charge in [-0.25, -0.2) is 0 Å². The van der Waals surface area contributed by atoms with Gasteiger partial charge in [-0.3, -0.25) is 4.79 Å². The number of carboxylic acids is 1. The first kappa shape index (κ1) is 18.8. The Hall–Kier alpha value is -2.01. The summed E-state index contributed by atoms with van der Waals surface area (Å²) in [7, 11) is 0. The molecule has 6 atom stereocenters. The van der Waals surface area contributed by atoms with Crippen molar-refractivity contribution in [1.29, 1.82) is 0 Å². The molecular weight excluding hydrogens is 344 g/mol. The lowest BCUT2D eigenvalue weighted by Crippen LogP contribution is -2.56. The minimum Gasteiger partial charge on any atom is -0.480 e. The summed E-state index contributed by atoms with van der Waals surface area (Å²) in [5, 5.41) is 49.5. The van der Waals surface area contributed by atoms with E-state index in [1.165, 1.54) is 0 Å². The Bertz CT molecular complexity index is 791. The third kappa shape index (κ3) is 3.20. The van der Waals surface area contributed by atoms with Crippen molar-refractivity contribution in [3.05, 3.63) is 36.0 Å². The number of aliphatic hydroxyl groups excluding tert-OH is 4. The lowest BCUT2D eigenvalue weighted by Gasteiger charge is -2.40. The Labute approximate surface area is 148 Å². The number of aliphatic carboxylic acids is 1. The Kier molecular flexibility index (Phi) is 5.28. The maximum Gasteiger partial charge on any atom is 0.320 e. The first-order valence-corrected chi connectivity index (χ1v) is 8.22. The highest BCUT2D eigenvalue weighted by Gasteiger charge is 2.44. The highest BCUT2D eigenvalue weighted by Crippen LogP contribution is 2.33. The summed E-state index contributed by atoms with van der Waals surface area (Å²) >= 11 is 0. The number of carbonyl (C=O) groups is 1. The van der Waals surface area contributed by atoms with Gasteiger partial charge in [-0.15, -0.1) is 0 Å². The predicted octanol–water partition coefficient (Wildman–Crippen LogP) is -1.43. The van der Waals surface area contributed by atoms with Crippen LogP contribution in [0.1, 0.15) is 11.8 Å². The second kappa shape index (κ2) is 7.31. The van der Waals surface area contributed by atoms with Gasteiger partial charge >= 0.3 is 5.97 Å². The number of rotatable bonds is 5. The van der Waals surface area contributed by atoms with Crippen molar-refractivity contribution < 1.29 is 35.1 Å². The van der Waals surface area contributed by atoms with Crippen molar-refractivity contribution in [3.63, 3.8) is 0 Å². The van der Waals surface area contributed by atoms with Gasteiger partial charge < -0.3 is 40.6 Å². The van der Waals surface area contributed by atoms with Crippen LogP contribution >= 0.6 is 0 Å². The zero-order valence-electron chi connectivity index (χ0n) is 13.8. The first-order valence-electron chi connectivity index (χ1n) is 8.22. The molecule has 1 aliphatic rings. The van der Waals surface area contributed by atoms with E-state index in [9.17, 15) is 25.2 Å². The normalized spacial score (nSPS) is 30.4. The Morgan fingerprint density at radius 1 is 1.19 bits per heavy atom. The summed E-state index contributed by atoms with van der Waals surface area (Å²) in [4.78, 5) is 11.1. The lowest BCUT2D eigenvalue weighted by atomic mass is 9.98. The molecule has 26 heavy (non-hydrogen) atoms. The standard InChI is InChI=1S/C17H22N2O7/c18-10(17(24)25)5-8-6-19(11-4-2-1-3-9(8)11)16-15(23)14(22)13(21)12(7-20)26-16/h1-4,6,10,12-16,20-23H,5,7,18H2,(H,24,25)/t10-,12-,13-,14+,15-,16?/m1/s1. The molecule has 9 nitrogen and oxygen atoms in total. The van der Waals surface area contributed by atoms with Crippen LogP contribution in [-0.2, 0) is 16.0 Å². The molecule has 0 bridgehead atoms. The minimum absolute atomic E-state index is 0.0697. The molecule has 1 aromatic heterocycles. The summed E-state index contributed by atoms with van der Waals surface area (Å²) in [6, 6.07) is 6.01. The van der Waals surface area contributed by atoms with Crippen LogP contribution < -0.4 is 5.73 Å². The van der Waals surface area contributed by atoms with Crippen LogP contribution in [0.25, 0.3) is 10.9 Å². The van der Waals surface area contributed by atoms with Gasteiger partial charge in [0.15, 0.2) is 6.23 Å². The number of aliphatic hydroxyl groups is 4. The quantitative estimate of drug-likeness (QED) is 0.376. The fraction of sp³-hybridized carbons (Fsp3) is 0.471. The smallest absolute Gasteiger partial charge is 0.320 e. The fourth-order valence-electron chi connectivity index (χ4n) is 3.29. The topological polar surface area (TPSA) is 158 Å². The van der Waals surface area contributed by atoms with Crippen LogP contribution in [0.3, 0.4) is 0 Å². The zero-order valence-corrected chi connectivity index (χ0v) is 13.8. The number of para-hydroxylation sites is 1. The third-order valence-electron chi connectivity index (χ3n) is 4.72. The van der Waals surface area contributed by atoms with Gasteiger partial charge in [0, 0.05) is 18.0 Å². The van der Waals surface area contributed by atoms with Gasteiger partial charge in [-0.2, -0.15) is 0 Å². The molecular formula is C17H22N2O7. The summed E-state index contributed by atoms with van der Waals surface area (Å²) in [5.74, 6) is -1.13. The molecule has 2 aromatic rings. The van der Waals surface area contributed by atoms with E-state index < -0.39 is 49.3 Å². The molecule has 1 unspecified atom stereocenters. The van der Waals surface area contributed by atoms with Crippen LogP contribution in [-0.4, -0.2) is 73.1 Å². The second-order valence-corrected chi connectivity index (χ2v) is 6.45. The van der Waals surface area contributed by atoms with Crippen LogP contribution in [0.15, 0.2) is 30.5 Å². The number of nitrogens with zero attached hydrogens (tertiary/aromatic N) is 1. The minimum atomic E-state index is -1.50. The number of aromatic nitrogens is 1. The van der Waals surface area contributed by atoms with E-state index in [1.807, 2.05) is 0 Å². The summed E-state index contributed by atoms with van der Waals surface area (Å²) < 4.78 is 7.15. The van der Waals surface area contributed by atoms with E-state index in [1.54, 1.807) is 35.0 Å². The SMILES string of the molecule is N[C@H](Cc1cn(C2O[C@H](CO)[C@@H](O)[C@H](O)[C@H]2O)c2ccccc12)C(=O)O. The number of ether oxygens (including phenoxy) is 1. The fourth-order valence-corrected chi connectivity index (χ4v) is 3.29. The van der Waals surface area contributed by atoms with Crippen molar-refractivity contribution in [1.82, 2.24) is 4.57 Å². The van der Waals surface area contributed by atoms with E-state index >= 15 is 0 Å².